The predicted octanol–water partition coefficient (Wildman–Crippen LogP) is 2.94. The van der Waals surface area contributed by atoms with Gasteiger partial charge < -0.3 is 5.11 Å². The van der Waals surface area contributed by atoms with Gasteiger partial charge in [-0.05, 0) is 35.8 Å². The van der Waals surface area contributed by atoms with Crippen molar-refractivity contribution in [2.45, 2.75) is 43.6 Å². The molecule has 0 bridgehead atoms. The van der Waals surface area contributed by atoms with Crippen molar-refractivity contribution in [3.63, 3.8) is 0 Å². The lowest BCUT2D eigenvalue weighted by Gasteiger charge is -2.26. The fraction of sp³-hybridized carbons (Fsp3) is 0.615. The summed E-state index contributed by atoms with van der Waals surface area (Å²) in [7, 11) is -3.25. The van der Waals surface area contributed by atoms with Crippen LogP contribution in [0.3, 0.4) is 0 Å². The normalized spacial score (nSPS) is 24.3. The third kappa shape index (κ3) is 3.36. The second-order valence-electron chi connectivity index (χ2n) is 5.28. The fourth-order valence-electron chi connectivity index (χ4n) is 2.68. The summed E-state index contributed by atoms with van der Waals surface area (Å²) in [6, 6.07) is 1.61. The van der Waals surface area contributed by atoms with Gasteiger partial charge in [0.15, 0.2) is 9.84 Å². The van der Waals surface area contributed by atoms with Crippen LogP contribution in [0.5, 0.6) is 0 Å². The molecule has 1 N–H and O–H groups in total. The summed E-state index contributed by atoms with van der Waals surface area (Å²) in [5.74, 6) is -0.748. The maximum Gasteiger partial charge on any atom is 0.346 e. The van der Waals surface area contributed by atoms with Crippen LogP contribution in [0.1, 0.15) is 47.8 Å². The third-order valence-corrected chi connectivity index (χ3v) is 6.80. The number of carbonyl (C=O) groups is 1. The largest absolute Gasteiger partial charge is 0.477 e. The molecule has 106 valence electrons. The molecule has 1 aromatic rings. The molecular formula is C13H18O4S2. The molecule has 1 fully saturated rings. The molecule has 0 spiro atoms. The quantitative estimate of drug-likeness (QED) is 0.928. The number of carboxylic acids is 1. The fourth-order valence-corrected chi connectivity index (χ4v) is 5.59. The van der Waals surface area contributed by atoms with E-state index in [2.05, 4.69) is 6.92 Å². The maximum absolute atomic E-state index is 12.4. The number of sulfone groups is 1. The Balaban J connectivity index is 2.16. The van der Waals surface area contributed by atoms with Crippen LogP contribution >= 0.6 is 11.3 Å². The van der Waals surface area contributed by atoms with E-state index in [1.807, 2.05) is 0 Å². The average Bonchev–Trinajstić information content (AvgIpc) is 2.76. The summed E-state index contributed by atoms with van der Waals surface area (Å²) >= 11 is 1.08. The molecule has 1 aliphatic carbocycles. The lowest BCUT2D eigenvalue weighted by molar-refractivity contribution is 0.0701. The summed E-state index contributed by atoms with van der Waals surface area (Å²) in [6.45, 7) is 2.08. The van der Waals surface area contributed by atoms with E-state index in [9.17, 15) is 13.2 Å². The highest BCUT2D eigenvalue weighted by Gasteiger charge is 2.31. The molecule has 1 aromatic heterocycles. The zero-order chi connectivity index (χ0) is 14.0. The van der Waals surface area contributed by atoms with Crippen LogP contribution in [0.25, 0.3) is 0 Å². The molecule has 4 nitrogen and oxygen atoms in total. The molecule has 0 aromatic carbocycles. The van der Waals surface area contributed by atoms with Gasteiger partial charge in [-0.25, -0.2) is 13.2 Å². The van der Waals surface area contributed by atoms with Crippen molar-refractivity contribution < 1.29 is 18.3 Å². The lowest BCUT2D eigenvalue weighted by Crippen LogP contribution is -2.28. The van der Waals surface area contributed by atoms with Crippen molar-refractivity contribution in [3.8, 4) is 0 Å². The molecule has 0 aliphatic heterocycles. The molecule has 1 aliphatic rings. The van der Waals surface area contributed by atoms with Crippen molar-refractivity contribution in [2.75, 3.05) is 0 Å². The number of carboxylic acid groups (broad SMARTS) is 1. The van der Waals surface area contributed by atoms with E-state index in [-0.39, 0.29) is 15.9 Å². The van der Waals surface area contributed by atoms with Crippen molar-refractivity contribution in [3.05, 3.63) is 21.9 Å². The Hall–Kier alpha value is -0.880. The van der Waals surface area contributed by atoms with Gasteiger partial charge in [-0.1, -0.05) is 19.8 Å². The van der Waals surface area contributed by atoms with Crippen LogP contribution in [0, 0.1) is 5.92 Å². The van der Waals surface area contributed by atoms with E-state index in [0.717, 1.165) is 24.2 Å². The number of hydrogen-bond donors (Lipinski definition) is 1. The molecule has 1 heterocycles. The van der Waals surface area contributed by atoms with Gasteiger partial charge in [0.2, 0.25) is 0 Å². The highest BCUT2D eigenvalue weighted by Crippen LogP contribution is 2.31. The monoisotopic (exact) mass is 302 g/mol. The Labute approximate surface area is 117 Å². The van der Waals surface area contributed by atoms with E-state index in [1.165, 1.54) is 0 Å². The summed E-state index contributed by atoms with van der Waals surface area (Å²) < 4.78 is 24.8. The van der Waals surface area contributed by atoms with Gasteiger partial charge >= 0.3 is 5.97 Å². The van der Waals surface area contributed by atoms with Crippen molar-refractivity contribution >= 4 is 27.1 Å². The maximum atomic E-state index is 12.4. The second kappa shape index (κ2) is 5.63. The topological polar surface area (TPSA) is 71.4 Å². The number of hydrogen-bond acceptors (Lipinski definition) is 4. The second-order valence-corrected chi connectivity index (χ2v) is 8.48. The molecular weight excluding hydrogens is 284 g/mol. The van der Waals surface area contributed by atoms with Crippen molar-refractivity contribution in [1.82, 2.24) is 0 Å². The zero-order valence-electron chi connectivity index (χ0n) is 10.8. The van der Waals surface area contributed by atoms with Crippen molar-refractivity contribution in [1.29, 1.82) is 0 Å². The first-order valence-corrected chi connectivity index (χ1v) is 9.01. The van der Waals surface area contributed by atoms with Gasteiger partial charge in [0.05, 0.1) is 11.0 Å². The lowest BCUT2D eigenvalue weighted by atomic mass is 9.91. The van der Waals surface area contributed by atoms with Gasteiger partial charge in [0.25, 0.3) is 0 Å². The Kier molecular flexibility index (Phi) is 4.30. The third-order valence-electron chi connectivity index (χ3n) is 3.69. The number of rotatable bonds is 4. The van der Waals surface area contributed by atoms with Gasteiger partial charge in [-0.2, -0.15) is 0 Å². The minimum atomic E-state index is -3.25. The molecule has 1 saturated carbocycles. The minimum absolute atomic E-state index is 0.143. The first-order valence-electron chi connectivity index (χ1n) is 6.41. The molecule has 19 heavy (non-hydrogen) atoms. The SMILES string of the molecule is CC1CCCC(S(=O)(=O)Cc2ccsc2C(=O)O)C1. The molecule has 0 saturated heterocycles. The summed E-state index contributed by atoms with van der Waals surface area (Å²) in [4.78, 5) is 11.2. The van der Waals surface area contributed by atoms with Crippen LogP contribution < -0.4 is 0 Å². The zero-order valence-corrected chi connectivity index (χ0v) is 12.5. The molecule has 0 radical (unpaired) electrons. The molecule has 6 heteroatoms. The standard InChI is InChI=1S/C13H18O4S2/c1-9-3-2-4-11(7-9)19(16,17)8-10-5-6-18-12(10)13(14)15/h5-6,9,11H,2-4,7-8H2,1H3,(H,14,15). The van der Waals surface area contributed by atoms with Crippen LogP contribution in [0.4, 0.5) is 0 Å². The Morgan fingerprint density at radius 1 is 1.47 bits per heavy atom. The van der Waals surface area contributed by atoms with E-state index in [1.54, 1.807) is 11.4 Å². The smallest absolute Gasteiger partial charge is 0.346 e. The average molecular weight is 302 g/mol. The first-order chi connectivity index (χ1) is 8.90. The predicted molar refractivity (Wildman–Crippen MR) is 75.3 cm³/mol. The summed E-state index contributed by atoms with van der Waals surface area (Å²) in [6.07, 6.45) is 3.44. The molecule has 0 amide bonds. The summed E-state index contributed by atoms with van der Waals surface area (Å²) in [5.41, 5.74) is 0.427. The first kappa shape index (κ1) is 14.5. The van der Waals surface area contributed by atoms with Crippen LogP contribution in [-0.4, -0.2) is 24.7 Å². The Morgan fingerprint density at radius 2 is 2.21 bits per heavy atom. The molecule has 2 unspecified atom stereocenters. The van der Waals surface area contributed by atoms with E-state index in [0.29, 0.717) is 24.3 Å². The highest BCUT2D eigenvalue weighted by molar-refractivity contribution is 7.91. The Morgan fingerprint density at radius 3 is 2.84 bits per heavy atom. The Bertz CT molecular complexity index is 559. The summed E-state index contributed by atoms with van der Waals surface area (Å²) in [5, 5.41) is 10.3. The molecule has 2 atom stereocenters. The van der Waals surface area contributed by atoms with Crippen LogP contribution in [0.2, 0.25) is 0 Å². The van der Waals surface area contributed by atoms with Crippen molar-refractivity contribution in [2.24, 2.45) is 5.92 Å². The van der Waals surface area contributed by atoms with E-state index < -0.39 is 15.8 Å². The van der Waals surface area contributed by atoms with E-state index >= 15 is 0 Å². The number of thiophene rings is 1. The highest BCUT2D eigenvalue weighted by atomic mass is 32.2. The van der Waals surface area contributed by atoms with Gasteiger partial charge in [0.1, 0.15) is 4.88 Å². The van der Waals surface area contributed by atoms with Crippen LogP contribution in [0.15, 0.2) is 11.4 Å². The van der Waals surface area contributed by atoms with E-state index in [4.69, 9.17) is 5.11 Å². The van der Waals surface area contributed by atoms with Gasteiger partial charge in [0, 0.05) is 0 Å². The minimum Gasteiger partial charge on any atom is -0.477 e. The van der Waals surface area contributed by atoms with Gasteiger partial charge in [-0.15, -0.1) is 11.3 Å². The molecule has 2 rings (SSSR count). The number of aromatic carboxylic acids is 1. The van der Waals surface area contributed by atoms with Gasteiger partial charge in [-0.3, -0.25) is 0 Å². The van der Waals surface area contributed by atoms with Crippen LogP contribution in [-0.2, 0) is 15.6 Å².